The van der Waals surface area contributed by atoms with E-state index in [1.165, 1.54) is 5.56 Å². The number of hydrogen-bond donors (Lipinski definition) is 1. The molecular weight excluding hydrogens is 398 g/mol. The predicted molar refractivity (Wildman–Crippen MR) is 116 cm³/mol. The molecule has 1 saturated heterocycles. The molecule has 2 aromatic rings. The van der Waals surface area contributed by atoms with Crippen LogP contribution in [0.25, 0.3) is 0 Å². The maximum absolute atomic E-state index is 12.5. The number of carbonyl (C=O) groups excluding carboxylic acids is 1. The molecule has 6 heteroatoms. The van der Waals surface area contributed by atoms with E-state index in [2.05, 4.69) is 41.4 Å². The fraction of sp³-hybridized carbons (Fsp3) is 0.400. The molecule has 1 N–H and O–H groups in total. The summed E-state index contributed by atoms with van der Waals surface area (Å²) in [5.41, 5.74) is 2.95. The van der Waals surface area contributed by atoms with Crippen LogP contribution in [0.15, 0.2) is 60.7 Å². The van der Waals surface area contributed by atoms with Gasteiger partial charge < -0.3 is 10.1 Å². The van der Waals surface area contributed by atoms with Gasteiger partial charge in [-0.15, -0.1) is 0 Å². The van der Waals surface area contributed by atoms with Crippen molar-refractivity contribution in [3.05, 3.63) is 77.4 Å². The topological polar surface area (TPSA) is 41.6 Å². The minimum Gasteiger partial charge on any atom is -0.493 e. The second-order valence-electron chi connectivity index (χ2n) is 8.34. The molecule has 4 nitrogen and oxygen atoms in total. The minimum atomic E-state index is -1.62. The van der Waals surface area contributed by atoms with Gasteiger partial charge in [-0.3, -0.25) is 9.69 Å². The Morgan fingerprint density at radius 2 is 2.03 bits per heavy atom. The number of carbonyl (C=O) groups is 1. The van der Waals surface area contributed by atoms with Crippen LogP contribution in [-0.2, 0) is 6.54 Å². The number of hydrogen-bond acceptors (Lipinski definition) is 3. The van der Waals surface area contributed by atoms with Crippen LogP contribution in [0.4, 0.5) is 8.78 Å². The molecule has 0 radical (unpaired) electrons. The van der Waals surface area contributed by atoms with Gasteiger partial charge in [-0.25, -0.2) is 0 Å². The van der Waals surface area contributed by atoms with Crippen molar-refractivity contribution < 1.29 is 18.3 Å². The molecule has 0 aromatic heterocycles. The Bertz CT molecular complexity index is 944. The van der Waals surface area contributed by atoms with E-state index < -0.39 is 6.08 Å². The Morgan fingerprint density at radius 3 is 2.81 bits per heavy atom. The first-order chi connectivity index (χ1) is 15.0. The molecular formula is C25H28F2N2O2. The van der Waals surface area contributed by atoms with Crippen LogP contribution in [0, 0.1) is 5.92 Å². The molecule has 0 spiro atoms. The first kappa shape index (κ1) is 21.5. The van der Waals surface area contributed by atoms with Crippen molar-refractivity contribution >= 4 is 5.91 Å². The number of benzene rings is 2. The van der Waals surface area contributed by atoms with Gasteiger partial charge in [0, 0.05) is 30.6 Å². The molecule has 164 valence electrons. The van der Waals surface area contributed by atoms with Gasteiger partial charge in [0.15, 0.2) is 0 Å². The van der Waals surface area contributed by atoms with Crippen molar-refractivity contribution in [3.8, 4) is 5.75 Å². The zero-order valence-electron chi connectivity index (χ0n) is 17.7. The maximum atomic E-state index is 12.5. The van der Waals surface area contributed by atoms with Gasteiger partial charge in [-0.05, 0) is 61.6 Å². The third-order valence-corrected chi connectivity index (χ3v) is 6.59. The summed E-state index contributed by atoms with van der Waals surface area (Å²) in [5.74, 6) is 1.17. The molecule has 4 rings (SSSR count). The Kier molecular flexibility index (Phi) is 6.66. The highest BCUT2D eigenvalue weighted by Gasteiger charge is 2.36. The molecule has 31 heavy (non-hydrogen) atoms. The first-order valence-corrected chi connectivity index (χ1v) is 10.9. The van der Waals surface area contributed by atoms with Gasteiger partial charge >= 0.3 is 0 Å². The molecule has 2 aliphatic heterocycles. The zero-order valence-corrected chi connectivity index (χ0v) is 17.7. The van der Waals surface area contributed by atoms with E-state index in [0.29, 0.717) is 43.3 Å². The summed E-state index contributed by atoms with van der Waals surface area (Å²) >= 11 is 0. The number of amides is 1. The molecule has 0 unspecified atom stereocenters. The van der Waals surface area contributed by atoms with Gasteiger partial charge in [0.05, 0.1) is 6.61 Å². The Balaban J connectivity index is 1.50. The molecule has 0 bridgehead atoms. The van der Waals surface area contributed by atoms with Gasteiger partial charge in [0.2, 0.25) is 0 Å². The van der Waals surface area contributed by atoms with Crippen LogP contribution in [-0.4, -0.2) is 36.5 Å². The van der Waals surface area contributed by atoms with Crippen molar-refractivity contribution in [1.82, 2.24) is 10.2 Å². The number of rotatable bonds is 7. The monoisotopic (exact) mass is 426 g/mol. The van der Waals surface area contributed by atoms with E-state index in [-0.39, 0.29) is 17.9 Å². The molecule has 2 heterocycles. The lowest BCUT2D eigenvalue weighted by Crippen LogP contribution is -2.49. The third kappa shape index (κ3) is 4.96. The number of nitrogens with zero attached hydrogens (tertiary/aromatic N) is 1. The van der Waals surface area contributed by atoms with Crippen molar-refractivity contribution in [2.24, 2.45) is 5.92 Å². The van der Waals surface area contributed by atoms with E-state index in [1.54, 1.807) is 0 Å². The lowest BCUT2D eigenvalue weighted by molar-refractivity contribution is 0.0573. The normalized spacial score (nSPS) is 23.2. The first-order valence-electron chi connectivity index (χ1n) is 10.9. The van der Waals surface area contributed by atoms with Crippen LogP contribution in [0.3, 0.4) is 0 Å². The molecule has 0 saturated carbocycles. The second kappa shape index (κ2) is 9.60. The van der Waals surface area contributed by atoms with Crippen LogP contribution in [0.1, 0.15) is 47.2 Å². The van der Waals surface area contributed by atoms with Gasteiger partial charge in [0.1, 0.15) is 5.75 Å². The molecule has 2 aromatic carbocycles. The van der Waals surface area contributed by atoms with Crippen LogP contribution >= 0.6 is 0 Å². The SMILES string of the molecule is C[C@@H]1[C@@H](COc2ccc3c(c2)C(=O)NC3)[C@H](c2ccccc2)CCN1CCC=C(F)F. The zero-order chi connectivity index (χ0) is 21.8. The van der Waals surface area contributed by atoms with Gasteiger partial charge in [-0.1, -0.05) is 36.4 Å². The van der Waals surface area contributed by atoms with Crippen molar-refractivity contribution in [2.75, 3.05) is 19.7 Å². The summed E-state index contributed by atoms with van der Waals surface area (Å²) in [4.78, 5) is 14.3. The van der Waals surface area contributed by atoms with Crippen LogP contribution in [0.5, 0.6) is 5.75 Å². The van der Waals surface area contributed by atoms with E-state index >= 15 is 0 Å². The standard InChI is InChI=1S/C25H28F2N2O2/c1-17-23(16-31-20-10-9-19-15-28-25(30)22(19)14-20)21(18-6-3-2-4-7-18)11-13-29(17)12-5-8-24(26)27/h2-4,6-10,14,17,21,23H,5,11-13,15-16H2,1H3,(H,28,30)/t17-,21+,23-/m1/s1. The summed E-state index contributed by atoms with van der Waals surface area (Å²) in [7, 11) is 0. The number of piperidine rings is 1. The summed E-state index contributed by atoms with van der Waals surface area (Å²) in [6.45, 7) is 4.71. The Hall–Kier alpha value is -2.73. The number of halogens is 2. The second-order valence-corrected chi connectivity index (χ2v) is 8.34. The highest BCUT2D eigenvalue weighted by molar-refractivity contribution is 5.98. The fourth-order valence-corrected chi connectivity index (χ4v) is 4.83. The molecule has 1 fully saturated rings. The van der Waals surface area contributed by atoms with Crippen LogP contribution < -0.4 is 10.1 Å². The molecule has 1 amide bonds. The summed E-state index contributed by atoms with van der Waals surface area (Å²) < 4.78 is 31.1. The predicted octanol–water partition coefficient (Wildman–Crippen LogP) is 4.97. The van der Waals surface area contributed by atoms with Gasteiger partial charge in [-0.2, -0.15) is 8.78 Å². The minimum absolute atomic E-state index is 0.0621. The number of fused-ring (bicyclic) bond motifs is 1. The Labute approximate surface area is 181 Å². The number of likely N-dealkylation sites (tertiary alicyclic amines) is 1. The fourth-order valence-electron chi connectivity index (χ4n) is 4.83. The van der Waals surface area contributed by atoms with Gasteiger partial charge in [0.25, 0.3) is 12.0 Å². The third-order valence-electron chi connectivity index (χ3n) is 6.59. The quantitative estimate of drug-likeness (QED) is 0.679. The van der Waals surface area contributed by atoms with E-state index in [4.69, 9.17) is 4.74 Å². The van der Waals surface area contributed by atoms with Crippen molar-refractivity contribution in [3.63, 3.8) is 0 Å². The van der Waals surface area contributed by atoms with E-state index in [1.807, 2.05) is 24.3 Å². The summed E-state index contributed by atoms with van der Waals surface area (Å²) in [6.07, 6.45) is 0.678. The average molecular weight is 427 g/mol. The van der Waals surface area contributed by atoms with E-state index in [9.17, 15) is 13.6 Å². The number of nitrogens with one attached hydrogen (secondary N) is 1. The van der Waals surface area contributed by atoms with E-state index in [0.717, 1.165) is 24.6 Å². The summed E-state index contributed by atoms with van der Waals surface area (Å²) in [5, 5.41) is 2.83. The van der Waals surface area contributed by atoms with Crippen molar-refractivity contribution in [2.45, 2.75) is 38.3 Å². The molecule has 3 atom stereocenters. The number of ether oxygens (including phenoxy) is 1. The highest BCUT2D eigenvalue weighted by atomic mass is 19.3. The summed E-state index contributed by atoms with van der Waals surface area (Å²) in [6, 6.07) is 16.3. The lowest BCUT2D eigenvalue weighted by atomic mass is 9.76. The molecule has 2 aliphatic rings. The molecule has 0 aliphatic carbocycles. The largest absolute Gasteiger partial charge is 0.493 e. The maximum Gasteiger partial charge on any atom is 0.266 e. The average Bonchev–Trinajstić information content (AvgIpc) is 3.14. The van der Waals surface area contributed by atoms with Crippen LogP contribution in [0.2, 0.25) is 0 Å². The van der Waals surface area contributed by atoms with Crippen molar-refractivity contribution in [1.29, 1.82) is 0 Å². The highest BCUT2D eigenvalue weighted by Crippen LogP contribution is 2.37. The Morgan fingerprint density at radius 1 is 1.23 bits per heavy atom. The lowest BCUT2D eigenvalue weighted by Gasteiger charge is -2.44. The smallest absolute Gasteiger partial charge is 0.266 e.